The summed E-state index contributed by atoms with van der Waals surface area (Å²) in [7, 11) is 0. The SMILES string of the molecule is C=C(C)C(=O)OC1c2ccccc2CCc2cc(COC(C)=O)ccc21. The average Bonchev–Trinajstić information content (AvgIpc) is 2.77. The number of aryl methyl sites for hydroxylation is 2. The lowest BCUT2D eigenvalue weighted by Crippen LogP contribution is -2.14. The molecule has 1 aliphatic carbocycles. The number of hydrogen-bond acceptors (Lipinski definition) is 4. The van der Waals surface area contributed by atoms with Gasteiger partial charge < -0.3 is 9.47 Å². The second-order valence-corrected chi connectivity index (χ2v) is 6.58. The highest BCUT2D eigenvalue weighted by Crippen LogP contribution is 2.36. The largest absolute Gasteiger partial charge is 0.461 e. The minimum atomic E-state index is -0.462. The van der Waals surface area contributed by atoms with Crippen molar-refractivity contribution in [2.24, 2.45) is 0 Å². The van der Waals surface area contributed by atoms with Gasteiger partial charge in [-0.2, -0.15) is 0 Å². The first-order valence-electron chi connectivity index (χ1n) is 8.65. The number of ether oxygens (including phenoxy) is 2. The number of benzene rings is 2. The number of esters is 2. The van der Waals surface area contributed by atoms with Gasteiger partial charge in [0.1, 0.15) is 6.61 Å². The third-order valence-electron chi connectivity index (χ3n) is 4.51. The third kappa shape index (κ3) is 3.85. The molecule has 0 fully saturated rings. The summed E-state index contributed by atoms with van der Waals surface area (Å²) in [5.74, 6) is -0.706. The van der Waals surface area contributed by atoms with Crippen molar-refractivity contribution in [1.82, 2.24) is 0 Å². The Morgan fingerprint density at radius 1 is 1.04 bits per heavy atom. The summed E-state index contributed by atoms with van der Waals surface area (Å²) in [6.45, 7) is 6.97. The standard InChI is InChI=1S/C22H22O4/c1-14(2)22(24)26-21-19-7-5-4-6-17(19)9-10-18-12-16(8-11-20(18)21)13-25-15(3)23/h4-8,11-12,21H,1,9-10,13H2,2-3H3. The van der Waals surface area contributed by atoms with Crippen molar-refractivity contribution in [2.45, 2.75) is 39.4 Å². The van der Waals surface area contributed by atoms with Gasteiger partial charge in [0, 0.05) is 23.6 Å². The van der Waals surface area contributed by atoms with Gasteiger partial charge >= 0.3 is 11.9 Å². The van der Waals surface area contributed by atoms with Crippen LogP contribution in [0.25, 0.3) is 0 Å². The van der Waals surface area contributed by atoms with Crippen LogP contribution in [0.2, 0.25) is 0 Å². The van der Waals surface area contributed by atoms with Crippen LogP contribution in [0.15, 0.2) is 54.6 Å². The average molecular weight is 350 g/mol. The van der Waals surface area contributed by atoms with E-state index in [2.05, 4.69) is 12.6 Å². The maximum Gasteiger partial charge on any atom is 0.334 e. The molecule has 0 aromatic heterocycles. The molecule has 0 N–H and O–H groups in total. The van der Waals surface area contributed by atoms with Crippen LogP contribution < -0.4 is 0 Å². The van der Waals surface area contributed by atoms with Crippen LogP contribution >= 0.6 is 0 Å². The highest BCUT2D eigenvalue weighted by atomic mass is 16.5. The van der Waals surface area contributed by atoms with Crippen molar-refractivity contribution in [2.75, 3.05) is 0 Å². The van der Waals surface area contributed by atoms with E-state index in [4.69, 9.17) is 9.47 Å². The summed E-state index contributed by atoms with van der Waals surface area (Å²) in [5, 5.41) is 0. The molecule has 4 nitrogen and oxygen atoms in total. The summed E-state index contributed by atoms with van der Waals surface area (Å²) in [6.07, 6.45) is 1.23. The molecular weight excluding hydrogens is 328 g/mol. The van der Waals surface area contributed by atoms with Gasteiger partial charge in [0.15, 0.2) is 6.10 Å². The lowest BCUT2D eigenvalue weighted by Gasteiger charge is -2.21. The maximum absolute atomic E-state index is 12.2. The molecule has 2 aromatic rings. The molecule has 0 saturated heterocycles. The Morgan fingerprint density at radius 3 is 2.46 bits per heavy atom. The van der Waals surface area contributed by atoms with Gasteiger partial charge in [0.2, 0.25) is 0 Å². The Kier molecular flexibility index (Phi) is 5.21. The molecule has 0 bridgehead atoms. The number of fused-ring (bicyclic) bond motifs is 2. The van der Waals surface area contributed by atoms with E-state index in [0.29, 0.717) is 5.57 Å². The van der Waals surface area contributed by atoms with E-state index in [0.717, 1.165) is 35.1 Å². The van der Waals surface area contributed by atoms with Gasteiger partial charge in [-0.25, -0.2) is 4.79 Å². The molecule has 0 amide bonds. The summed E-state index contributed by atoms with van der Waals surface area (Å²) in [4.78, 5) is 23.3. The van der Waals surface area contributed by atoms with Crippen LogP contribution in [0.3, 0.4) is 0 Å². The zero-order valence-corrected chi connectivity index (χ0v) is 15.1. The molecule has 1 unspecified atom stereocenters. The highest BCUT2D eigenvalue weighted by Gasteiger charge is 2.27. The Balaban J connectivity index is 2.00. The topological polar surface area (TPSA) is 52.6 Å². The molecule has 0 radical (unpaired) electrons. The quantitative estimate of drug-likeness (QED) is 0.616. The maximum atomic E-state index is 12.2. The van der Waals surface area contributed by atoms with Gasteiger partial charge in [0.05, 0.1) is 0 Å². The minimum Gasteiger partial charge on any atom is -0.461 e. The fourth-order valence-electron chi connectivity index (χ4n) is 3.20. The number of carbonyl (C=O) groups excluding carboxylic acids is 2. The lowest BCUT2D eigenvalue weighted by atomic mass is 9.95. The van der Waals surface area contributed by atoms with Gasteiger partial charge in [-0.05, 0) is 36.5 Å². The van der Waals surface area contributed by atoms with Crippen LogP contribution in [0.4, 0.5) is 0 Å². The van der Waals surface area contributed by atoms with Crippen LogP contribution in [0.1, 0.15) is 47.8 Å². The van der Waals surface area contributed by atoms with E-state index in [1.165, 1.54) is 12.5 Å². The molecule has 134 valence electrons. The van der Waals surface area contributed by atoms with E-state index in [1.54, 1.807) is 6.92 Å². The summed E-state index contributed by atoms with van der Waals surface area (Å²) < 4.78 is 10.9. The zero-order valence-electron chi connectivity index (χ0n) is 15.1. The van der Waals surface area contributed by atoms with E-state index in [1.807, 2.05) is 36.4 Å². The minimum absolute atomic E-state index is 0.242. The molecule has 0 spiro atoms. The normalized spacial score (nSPS) is 15.2. The molecule has 0 aliphatic heterocycles. The summed E-state index contributed by atoms with van der Waals surface area (Å²) in [6, 6.07) is 13.9. The number of rotatable bonds is 4. The van der Waals surface area contributed by atoms with Crippen molar-refractivity contribution in [1.29, 1.82) is 0 Å². The number of hydrogen-bond donors (Lipinski definition) is 0. The molecule has 26 heavy (non-hydrogen) atoms. The second-order valence-electron chi connectivity index (χ2n) is 6.58. The molecule has 1 aliphatic rings. The fourth-order valence-corrected chi connectivity index (χ4v) is 3.20. The first-order chi connectivity index (χ1) is 12.5. The van der Waals surface area contributed by atoms with Gasteiger partial charge in [-0.1, -0.05) is 49.0 Å². The Labute approximate surface area is 153 Å². The van der Waals surface area contributed by atoms with Gasteiger partial charge in [0.25, 0.3) is 0 Å². The molecule has 1 atom stereocenters. The van der Waals surface area contributed by atoms with Crippen LogP contribution in [-0.2, 0) is 38.5 Å². The smallest absolute Gasteiger partial charge is 0.334 e. The first kappa shape index (κ1) is 17.9. The van der Waals surface area contributed by atoms with Crippen LogP contribution in [0, 0.1) is 0 Å². The summed E-state index contributed by atoms with van der Waals surface area (Å²) >= 11 is 0. The monoisotopic (exact) mass is 350 g/mol. The fraction of sp³-hybridized carbons (Fsp3) is 0.273. The van der Waals surface area contributed by atoms with Crippen LogP contribution in [-0.4, -0.2) is 11.9 Å². The summed E-state index contributed by atoms with van der Waals surface area (Å²) in [5.41, 5.74) is 5.55. The van der Waals surface area contributed by atoms with E-state index < -0.39 is 12.1 Å². The van der Waals surface area contributed by atoms with E-state index in [-0.39, 0.29) is 12.6 Å². The predicted molar refractivity (Wildman–Crippen MR) is 98.5 cm³/mol. The molecule has 0 heterocycles. The Hall–Kier alpha value is -2.88. The lowest BCUT2D eigenvalue weighted by molar-refractivity contribution is -0.143. The number of carbonyl (C=O) groups is 2. The van der Waals surface area contributed by atoms with Gasteiger partial charge in [-0.3, -0.25) is 4.79 Å². The molecule has 0 saturated carbocycles. The van der Waals surface area contributed by atoms with Crippen LogP contribution in [0.5, 0.6) is 0 Å². The zero-order chi connectivity index (χ0) is 18.7. The molecule has 2 aromatic carbocycles. The molecular formula is C22H22O4. The van der Waals surface area contributed by atoms with Crippen molar-refractivity contribution in [3.05, 3.63) is 82.4 Å². The van der Waals surface area contributed by atoms with E-state index >= 15 is 0 Å². The van der Waals surface area contributed by atoms with E-state index in [9.17, 15) is 9.59 Å². The first-order valence-corrected chi connectivity index (χ1v) is 8.65. The Bertz CT molecular complexity index is 866. The third-order valence-corrected chi connectivity index (χ3v) is 4.51. The Morgan fingerprint density at radius 2 is 1.73 bits per heavy atom. The highest BCUT2D eigenvalue weighted by molar-refractivity contribution is 5.87. The second kappa shape index (κ2) is 7.56. The van der Waals surface area contributed by atoms with Crippen molar-refractivity contribution in [3.63, 3.8) is 0 Å². The predicted octanol–water partition coefficient (Wildman–Crippen LogP) is 4.06. The van der Waals surface area contributed by atoms with Crippen molar-refractivity contribution in [3.8, 4) is 0 Å². The van der Waals surface area contributed by atoms with Crippen molar-refractivity contribution < 1.29 is 19.1 Å². The molecule has 3 rings (SSSR count). The molecule has 4 heteroatoms. The van der Waals surface area contributed by atoms with Crippen molar-refractivity contribution >= 4 is 11.9 Å². The van der Waals surface area contributed by atoms with Gasteiger partial charge in [-0.15, -0.1) is 0 Å².